The molecule has 2 aliphatic heterocycles. The SMILES string of the molecule is O=C1NC(N2CC=C(c3ccc(F)cc3)CC2)N=CN1Cc1cnc(OCC(F)(F)F)s1. The van der Waals surface area contributed by atoms with Gasteiger partial charge in [-0.15, -0.1) is 0 Å². The van der Waals surface area contributed by atoms with Crippen molar-refractivity contribution in [3.8, 4) is 5.19 Å². The van der Waals surface area contributed by atoms with Gasteiger partial charge in [0, 0.05) is 24.2 Å². The van der Waals surface area contributed by atoms with E-state index in [0.29, 0.717) is 18.0 Å². The van der Waals surface area contributed by atoms with Gasteiger partial charge in [0.1, 0.15) is 5.82 Å². The van der Waals surface area contributed by atoms with Crippen molar-refractivity contribution in [2.45, 2.75) is 25.4 Å². The zero-order valence-electron chi connectivity index (χ0n) is 16.7. The summed E-state index contributed by atoms with van der Waals surface area (Å²) in [6.07, 6.45) is 0.596. The molecule has 0 bridgehead atoms. The summed E-state index contributed by atoms with van der Waals surface area (Å²) in [5.41, 5.74) is 2.08. The maximum absolute atomic E-state index is 13.1. The van der Waals surface area contributed by atoms with Crippen LogP contribution in [0.1, 0.15) is 16.9 Å². The number of urea groups is 1. The lowest BCUT2D eigenvalue weighted by Gasteiger charge is -2.35. The molecule has 1 N–H and O–H groups in total. The van der Waals surface area contributed by atoms with Gasteiger partial charge < -0.3 is 10.1 Å². The van der Waals surface area contributed by atoms with E-state index in [9.17, 15) is 22.4 Å². The van der Waals surface area contributed by atoms with Crippen LogP contribution in [0.3, 0.4) is 0 Å². The third kappa shape index (κ3) is 5.62. The topological polar surface area (TPSA) is 70.1 Å². The molecule has 7 nitrogen and oxygen atoms in total. The van der Waals surface area contributed by atoms with E-state index < -0.39 is 19.1 Å². The monoisotopic (exact) mass is 469 g/mol. The summed E-state index contributed by atoms with van der Waals surface area (Å²) in [5.74, 6) is -0.279. The highest BCUT2D eigenvalue weighted by Gasteiger charge is 2.30. The van der Waals surface area contributed by atoms with Crippen molar-refractivity contribution in [1.82, 2.24) is 20.1 Å². The van der Waals surface area contributed by atoms with Crippen molar-refractivity contribution in [3.63, 3.8) is 0 Å². The third-order valence-corrected chi connectivity index (χ3v) is 5.77. The van der Waals surface area contributed by atoms with Crippen LogP contribution >= 0.6 is 11.3 Å². The summed E-state index contributed by atoms with van der Waals surface area (Å²) in [4.78, 5) is 24.5. The number of carbonyl (C=O) groups is 1. The van der Waals surface area contributed by atoms with Gasteiger partial charge in [-0.2, -0.15) is 13.2 Å². The Balaban J connectivity index is 1.32. The van der Waals surface area contributed by atoms with Crippen molar-refractivity contribution in [1.29, 1.82) is 0 Å². The van der Waals surface area contributed by atoms with Crippen LogP contribution in [0.15, 0.2) is 41.5 Å². The first-order valence-electron chi connectivity index (χ1n) is 9.70. The van der Waals surface area contributed by atoms with E-state index >= 15 is 0 Å². The third-order valence-electron chi connectivity index (χ3n) is 4.88. The van der Waals surface area contributed by atoms with Gasteiger partial charge in [-0.1, -0.05) is 29.5 Å². The van der Waals surface area contributed by atoms with Gasteiger partial charge in [0.05, 0.1) is 12.9 Å². The number of amides is 2. The van der Waals surface area contributed by atoms with Crippen LogP contribution in [0.2, 0.25) is 0 Å². The van der Waals surface area contributed by atoms with Gasteiger partial charge in [-0.25, -0.2) is 19.2 Å². The molecule has 1 aromatic heterocycles. The second kappa shape index (κ2) is 9.25. The van der Waals surface area contributed by atoms with Crippen molar-refractivity contribution >= 4 is 29.3 Å². The van der Waals surface area contributed by atoms with Crippen molar-refractivity contribution < 1.29 is 27.1 Å². The fourth-order valence-corrected chi connectivity index (χ4v) is 4.06. The van der Waals surface area contributed by atoms with E-state index in [1.807, 2.05) is 11.0 Å². The van der Waals surface area contributed by atoms with Gasteiger partial charge in [-0.05, 0) is 29.7 Å². The molecular formula is C20H19F4N5O2S. The van der Waals surface area contributed by atoms with Crippen LogP contribution in [0.5, 0.6) is 5.19 Å². The van der Waals surface area contributed by atoms with Gasteiger partial charge >= 0.3 is 12.2 Å². The summed E-state index contributed by atoms with van der Waals surface area (Å²) >= 11 is 0.939. The van der Waals surface area contributed by atoms with Gasteiger partial charge in [0.15, 0.2) is 12.9 Å². The highest BCUT2D eigenvalue weighted by Crippen LogP contribution is 2.26. The minimum atomic E-state index is -4.44. The number of benzene rings is 1. The van der Waals surface area contributed by atoms with Crippen molar-refractivity contribution in [3.05, 3.63) is 52.8 Å². The molecule has 2 aliphatic rings. The maximum atomic E-state index is 13.1. The first kappa shape index (κ1) is 22.2. The predicted molar refractivity (Wildman–Crippen MR) is 111 cm³/mol. The van der Waals surface area contributed by atoms with Crippen molar-refractivity contribution in [2.75, 3.05) is 19.7 Å². The molecule has 0 radical (unpaired) electrons. The fraction of sp³-hybridized carbons (Fsp3) is 0.350. The summed E-state index contributed by atoms with van der Waals surface area (Å²) < 4.78 is 54.4. The minimum absolute atomic E-state index is 0.110. The molecule has 2 aromatic rings. The van der Waals surface area contributed by atoms with E-state index in [0.717, 1.165) is 28.9 Å². The number of rotatable bonds is 6. The van der Waals surface area contributed by atoms with E-state index in [-0.39, 0.29) is 23.6 Å². The van der Waals surface area contributed by atoms with E-state index in [2.05, 4.69) is 20.0 Å². The molecule has 0 spiro atoms. The molecule has 2 amide bonds. The predicted octanol–water partition coefficient (Wildman–Crippen LogP) is 3.85. The zero-order chi connectivity index (χ0) is 22.7. The molecule has 12 heteroatoms. The standard InChI is InChI=1S/C20H19F4N5O2S/c21-15-3-1-13(2-4-15)14-5-7-28(8-6-14)17-26-12-29(18(30)27-17)10-16-9-25-19(32-16)31-11-20(22,23)24/h1-5,9,12,17H,6-8,10-11H2,(H,27,30). The average molecular weight is 469 g/mol. The van der Waals surface area contributed by atoms with Gasteiger partial charge in [0.2, 0.25) is 0 Å². The summed E-state index contributed by atoms with van der Waals surface area (Å²) in [7, 11) is 0. The first-order valence-corrected chi connectivity index (χ1v) is 10.5. The molecule has 0 saturated carbocycles. The van der Waals surface area contributed by atoms with E-state index in [1.54, 1.807) is 12.1 Å². The Hall–Kier alpha value is -2.99. The van der Waals surface area contributed by atoms with Crippen LogP contribution in [-0.2, 0) is 6.54 Å². The number of halogens is 4. The van der Waals surface area contributed by atoms with Crippen LogP contribution in [0.4, 0.5) is 22.4 Å². The Kier molecular flexibility index (Phi) is 6.42. The van der Waals surface area contributed by atoms with Crippen LogP contribution in [-0.4, -0.2) is 59.3 Å². The molecule has 32 heavy (non-hydrogen) atoms. The fourth-order valence-electron chi connectivity index (χ4n) is 3.30. The molecule has 1 aromatic carbocycles. The lowest BCUT2D eigenvalue weighted by molar-refractivity contribution is -0.153. The number of carbonyl (C=O) groups excluding carboxylic acids is 1. The van der Waals surface area contributed by atoms with Gasteiger partial charge in [0.25, 0.3) is 5.19 Å². The highest BCUT2D eigenvalue weighted by molar-refractivity contribution is 7.13. The number of hydrogen-bond donors (Lipinski definition) is 1. The second-order valence-electron chi connectivity index (χ2n) is 7.19. The highest BCUT2D eigenvalue weighted by atomic mass is 32.1. The van der Waals surface area contributed by atoms with Gasteiger partial charge in [-0.3, -0.25) is 9.80 Å². The minimum Gasteiger partial charge on any atom is -0.460 e. The molecule has 0 fully saturated rings. The molecule has 3 heterocycles. The Morgan fingerprint density at radius 3 is 2.69 bits per heavy atom. The Bertz CT molecular complexity index is 1020. The van der Waals surface area contributed by atoms with Crippen LogP contribution in [0, 0.1) is 5.82 Å². The molecule has 170 valence electrons. The number of nitrogens with zero attached hydrogens (tertiary/aromatic N) is 4. The Labute approximate surface area is 185 Å². The second-order valence-corrected chi connectivity index (χ2v) is 8.27. The number of alkyl halides is 3. The number of hydrogen-bond acceptors (Lipinski definition) is 6. The number of ether oxygens (including phenoxy) is 1. The normalized spacial score (nSPS) is 19.6. The maximum Gasteiger partial charge on any atom is 0.422 e. The van der Waals surface area contributed by atoms with Crippen molar-refractivity contribution in [2.24, 2.45) is 4.99 Å². The molecule has 1 atom stereocenters. The Morgan fingerprint density at radius 2 is 2.03 bits per heavy atom. The summed E-state index contributed by atoms with van der Waals surface area (Å²) in [5, 5.41) is 2.70. The largest absolute Gasteiger partial charge is 0.460 e. The Morgan fingerprint density at radius 1 is 1.25 bits per heavy atom. The number of thiazole rings is 1. The molecule has 1 unspecified atom stereocenters. The van der Waals surface area contributed by atoms with E-state index in [4.69, 9.17) is 0 Å². The number of aromatic nitrogens is 1. The number of aliphatic imine (C=N–C) groups is 1. The smallest absolute Gasteiger partial charge is 0.422 e. The number of nitrogens with one attached hydrogen (secondary N) is 1. The van der Waals surface area contributed by atoms with Crippen LogP contribution in [0.25, 0.3) is 5.57 Å². The van der Waals surface area contributed by atoms with E-state index in [1.165, 1.54) is 29.6 Å². The zero-order valence-corrected chi connectivity index (χ0v) is 17.5. The quantitative estimate of drug-likeness (QED) is 0.653. The first-order chi connectivity index (χ1) is 15.3. The summed E-state index contributed by atoms with van der Waals surface area (Å²) in [6.45, 7) is -0.0614. The lowest BCUT2D eigenvalue weighted by atomic mass is 9.99. The summed E-state index contributed by atoms with van der Waals surface area (Å²) in [6, 6.07) is 5.97. The molecule has 4 rings (SSSR count). The molecule has 0 aliphatic carbocycles. The van der Waals surface area contributed by atoms with Crippen LogP contribution < -0.4 is 10.1 Å². The lowest BCUT2D eigenvalue weighted by Crippen LogP contribution is -2.55. The average Bonchev–Trinajstić information content (AvgIpc) is 3.21. The molecular weight excluding hydrogens is 450 g/mol. The molecule has 0 saturated heterocycles.